The van der Waals surface area contributed by atoms with Gasteiger partial charge in [0.15, 0.2) is 0 Å². The Morgan fingerprint density at radius 1 is 1.12 bits per heavy atom. The quantitative estimate of drug-likeness (QED) is 0.236. The molecule has 2 amide bonds. The van der Waals surface area contributed by atoms with Crippen molar-refractivity contribution in [3.05, 3.63) is 12.2 Å². The molecular weight excluding hydrogens is 317 g/mol. The van der Waals surface area contributed by atoms with Crippen molar-refractivity contribution < 1.29 is 9.59 Å². The van der Waals surface area contributed by atoms with Crippen molar-refractivity contribution in [3.8, 4) is 0 Å². The summed E-state index contributed by atoms with van der Waals surface area (Å²) in [5.74, 6) is -0.337. The summed E-state index contributed by atoms with van der Waals surface area (Å²) in [4.78, 5) is 24.1. The molecule has 1 aliphatic heterocycles. The normalized spacial score (nSPS) is 17.2. The molecule has 0 aromatic carbocycles. The summed E-state index contributed by atoms with van der Waals surface area (Å²) in [6.07, 6.45) is 9.65. The summed E-state index contributed by atoms with van der Waals surface area (Å²) in [5, 5.41) is 0. The van der Waals surface area contributed by atoms with Crippen molar-refractivity contribution in [1.29, 1.82) is 0 Å². The average Bonchev–Trinajstić information content (AvgIpc) is 2.58. The standard InChI is InChI=1S/C12H18INO2/c1-2-3-4-5-6-7-10(13)14-11(15)8-9-12(14)16/h8-10H,2-7H2,1H3. The van der Waals surface area contributed by atoms with Gasteiger partial charge >= 0.3 is 0 Å². The van der Waals surface area contributed by atoms with Crippen LogP contribution in [0.25, 0.3) is 0 Å². The number of halogens is 1. The third kappa shape index (κ3) is 3.88. The number of carbonyl (C=O) groups is 2. The van der Waals surface area contributed by atoms with Gasteiger partial charge in [-0.25, -0.2) is 0 Å². The third-order valence-electron chi connectivity index (χ3n) is 2.67. The fourth-order valence-corrected chi connectivity index (χ4v) is 2.72. The van der Waals surface area contributed by atoms with Crippen molar-refractivity contribution >= 4 is 34.4 Å². The topological polar surface area (TPSA) is 37.4 Å². The molecule has 1 aliphatic rings. The summed E-state index contributed by atoms with van der Waals surface area (Å²) in [5.41, 5.74) is 0. The maximum Gasteiger partial charge on any atom is 0.254 e. The van der Waals surface area contributed by atoms with Crippen LogP contribution in [-0.4, -0.2) is 20.8 Å². The number of unbranched alkanes of at least 4 members (excludes halogenated alkanes) is 4. The van der Waals surface area contributed by atoms with E-state index in [4.69, 9.17) is 0 Å². The highest BCUT2D eigenvalue weighted by molar-refractivity contribution is 14.1. The second-order valence-electron chi connectivity index (χ2n) is 4.02. The van der Waals surface area contributed by atoms with E-state index < -0.39 is 0 Å². The van der Waals surface area contributed by atoms with Gasteiger partial charge in [-0.2, -0.15) is 0 Å². The number of alkyl halides is 1. The van der Waals surface area contributed by atoms with E-state index in [2.05, 4.69) is 29.5 Å². The molecule has 1 rings (SSSR count). The maximum atomic E-state index is 11.4. The highest BCUT2D eigenvalue weighted by atomic mass is 127. The van der Waals surface area contributed by atoms with E-state index in [1.54, 1.807) is 0 Å². The molecule has 1 atom stereocenters. The number of nitrogens with zero attached hydrogens (tertiary/aromatic N) is 1. The molecule has 0 fully saturated rings. The van der Waals surface area contributed by atoms with E-state index >= 15 is 0 Å². The van der Waals surface area contributed by atoms with Gasteiger partial charge in [-0.1, -0.05) is 61.6 Å². The van der Waals surface area contributed by atoms with Crippen molar-refractivity contribution in [2.75, 3.05) is 0 Å². The van der Waals surface area contributed by atoms with Gasteiger partial charge in [-0.05, 0) is 6.42 Å². The maximum absolute atomic E-state index is 11.4. The molecule has 0 saturated carbocycles. The summed E-state index contributed by atoms with van der Waals surface area (Å²) >= 11 is 2.18. The van der Waals surface area contributed by atoms with Gasteiger partial charge in [0, 0.05) is 12.2 Å². The lowest BCUT2D eigenvalue weighted by atomic mass is 10.1. The van der Waals surface area contributed by atoms with Crippen molar-refractivity contribution in [2.45, 2.75) is 49.5 Å². The van der Waals surface area contributed by atoms with Crippen LogP contribution < -0.4 is 0 Å². The molecule has 16 heavy (non-hydrogen) atoms. The molecule has 0 aromatic heterocycles. The van der Waals surface area contributed by atoms with E-state index in [1.807, 2.05) is 0 Å². The van der Waals surface area contributed by atoms with Crippen LogP contribution in [0.15, 0.2) is 12.2 Å². The molecule has 0 aliphatic carbocycles. The van der Waals surface area contributed by atoms with E-state index in [1.165, 1.54) is 42.7 Å². The largest absolute Gasteiger partial charge is 0.269 e. The Bertz CT molecular complexity index is 271. The van der Waals surface area contributed by atoms with Gasteiger partial charge in [0.2, 0.25) is 0 Å². The first-order valence-electron chi connectivity index (χ1n) is 5.86. The molecule has 1 heterocycles. The van der Waals surface area contributed by atoms with Gasteiger partial charge in [0.25, 0.3) is 11.8 Å². The van der Waals surface area contributed by atoms with Crippen molar-refractivity contribution in [3.63, 3.8) is 0 Å². The minimum atomic E-state index is -0.169. The zero-order chi connectivity index (χ0) is 12.0. The Labute approximate surface area is 110 Å². The molecular formula is C12H18INO2. The van der Waals surface area contributed by atoms with Crippen LogP contribution in [0.5, 0.6) is 0 Å². The van der Waals surface area contributed by atoms with Gasteiger partial charge in [0.1, 0.15) is 0 Å². The van der Waals surface area contributed by atoms with Gasteiger partial charge in [-0.3, -0.25) is 14.5 Å². The molecule has 90 valence electrons. The molecule has 0 N–H and O–H groups in total. The summed E-state index contributed by atoms with van der Waals surface area (Å²) < 4.78 is 0.00854. The zero-order valence-corrected chi connectivity index (χ0v) is 11.8. The number of carbonyl (C=O) groups excluding carboxylic acids is 2. The third-order valence-corrected chi connectivity index (χ3v) is 3.85. The van der Waals surface area contributed by atoms with Crippen LogP contribution in [0, 0.1) is 0 Å². The molecule has 1 unspecified atom stereocenters. The first-order valence-corrected chi connectivity index (χ1v) is 7.10. The Hall–Kier alpha value is -0.390. The monoisotopic (exact) mass is 335 g/mol. The van der Waals surface area contributed by atoms with Crippen LogP contribution in [0.4, 0.5) is 0 Å². The van der Waals surface area contributed by atoms with E-state index in [-0.39, 0.29) is 15.9 Å². The van der Waals surface area contributed by atoms with Crippen LogP contribution in [0.3, 0.4) is 0 Å². The minimum absolute atomic E-state index is 0.00854. The molecule has 0 spiro atoms. The lowest BCUT2D eigenvalue weighted by Crippen LogP contribution is -2.36. The van der Waals surface area contributed by atoms with E-state index in [0.717, 1.165) is 12.8 Å². The van der Waals surface area contributed by atoms with E-state index in [0.29, 0.717) is 0 Å². The Morgan fingerprint density at radius 2 is 1.69 bits per heavy atom. The second kappa shape index (κ2) is 7.04. The fourth-order valence-electron chi connectivity index (χ4n) is 1.73. The second-order valence-corrected chi connectivity index (χ2v) is 5.46. The van der Waals surface area contributed by atoms with Crippen LogP contribution >= 0.6 is 22.6 Å². The van der Waals surface area contributed by atoms with Gasteiger partial charge < -0.3 is 0 Å². The number of imide groups is 1. The van der Waals surface area contributed by atoms with Crippen LogP contribution in [0.2, 0.25) is 0 Å². The lowest BCUT2D eigenvalue weighted by Gasteiger charge is -2.20. The Kier molecular flexibility index (Phi) is 6.01. The average molecular weight is 335 g/mol. The zero-order valence-electron chi connectivity index (χ0n) is 9.62. The first kappa shape index (κ1) is 13.7. The minimum Gasteiger partial charge on any atom is -0.269 e. The smallest absolute Gasteiger partial charge is 0.254 e. The van der Waals surface area contributed by atoms with Gasteiger partial charge in [0.05, 0.1) is 4.05 Å². The van der Waals surface area contributed by atoms with Crippen LogP contribution in [-0.2, 0) is 9.59 Å². The Balaban J connectivity index is 2.22. The predicted molar refractivity (Wildman–Crippen MR) is 72.2 cm³/mol. The number of rotatable bonds is 7. The molecule has 3 nitrogen and oxygen atoms in total. The highest BCUT2D eigenvalue weighted by Crippen LogP contribution is 2.20. The first-order chi connectivity index (χ1) is 7.66. The molecule has 0 saturated heterocycles. The lowest BCUT2D eigenvalue weighted by molar-refractivity contribution is -0.137. The van der Waals surface area contributed by atoms with Crippen LogP contribution in [0.1, 0.15) is 45.4 Å². The number of hydrogen-bond acceptors (Lipinski definition) is 2. The van der Waals surface area contributed by atoms with Gasteiger partial charge in [-0.15, -0.1) is 0 Å². The highest BCUT2D eigenvalue weighted by Gasteiger charge is 2.28. The van der Waals surface area contributed by atoms with Crippen molar-refractivity contribution in [2.24, 2.45) is 0 Å². The fraction of sp³-hybridized carbons (Fsp3) is 0.667. The molecule has 0 aromatic rings. The summed E-state index contributed by atoms with van der Waals surface area (Å²) in [6, 6.07) is 0. The number of hydrogen-bond donors (Lipinski definition) is 0. The predicted octanol–water partition coefficient (Wildman–Crippen LogP) is 3.03. The molecule has 0 radical (unpaired) electrons. The number of amides is 2. The molecule has 4 heteroatoms. The Morgan fingerprint density at radius 3 is 2.25 bits per heavy atom. The van der Waals surface area contributed by atoms with E-state index in [9.17, 15) is 9.59 Å². The summed E-state index contributed by atoms with van der Waals surface area (Å²) in [7, 11) is 0. The van der Waals surface area contributed by atoms with Crippen molar-refractivity contribution in [1.82, 2.24) is 4.90 Å². The SMILES string of the molecule is CCCCCCCC(I)N1C(=O)C=CC1=O. The molecule has 0 bridgehead atoms. The summed E-state index contributed by atoms with van der Waals surface area (Å²) in [6.45, 7) is 2.19.